The summed E-state index contributed by atoms with van der Waals surface area (Å²) in [7, 11) is 2.23. The van der Waals surface area contributed by atoms with Crippen LogP contribution in [0.25, 0.3) is 0 Å². The predicted octanol–water partition coefficient (Wildman–Crippen LogP) is 3.83. The van der Waals surface area contributed by atoms with Crippen LogP contribution in [0.5, 0.6) is 0 Å². The first-order valence-electron chi connectivity index (χ1n) is 7.19. The second-order valence-electron chi connectivity index (χ2n) is 6.05. The van der Waals surface area contributed by atoms with E-state index in [9.17, 15) is 0 Å². The molecular weight excluding hydrogens is 300 g/mol. The highest BCUT2D eigenvalue weighted by molar-refractivity contribution is 9.10. The molecule has 0 spiro atoms. The third-order valence-corrected chi connectivity index (χ3v) is 4.97. The van der Waals surface area contributed by atoms with Gasteiger partial charge in [0.2, 0.25) is 0 Å². The number of piperidine rings is 1. The number of likely N-dealkylation sites (tertiary alicyclic amines) is 1. The van der Waals surface area contributed by atoms with Gasteiger partial charge in [-0.2, -0.15) is 0 Å². The largest absolute Gasteiger partial charge is 0.307 e. The van der Waals surface area contributed by atoms with Crippen molar-refractivity contribution in [1.29, 1.82) is 0 Å². The van der Waals surface area contributed by atoms with Gasteiger partial charge in [0.15, 0.2) is 0 Å². The number of hydrogen-bond acceptors (Lipinski definition) is 2. The summed E-state index contributed by atoms with van der Waals surface area (Å²) in [6.07, 6.45) is 1.23. The van der Waals surface area contributed by atoms with E-state index in [2.05, 4.69) is 78.2 Å². The molecule has 0 amide bonds. The highest BCUT2D eigenvalue weighted by Gasteiger charge is 2.29. The van der Waals surface area contributed by atoms with Crippen LogP contribution >= 0.6 is 15.9 Å². The van der Waals surface area contributed by atoms with Crippen molar-refractivity contribution >= 4 is 15.9 Å². The zero-order chi connectivity index (χ0) is 14.0. The van der Waals surface area contributed by atoms with Crippen LogP contribution in [0.3, 0.4) is 0 Å². The van der Waals surface area contributed by atoms with E-state index in [-0.39, 0.29) is 0 Å². The van der Waals surface area contributed by atoms with E-state index in [1.165, 1.54) is 18.5 Å². The highest BCUT2D eigenvalue weighted by atomic mass is 79.9. The summed E-state index contributed by atoms with van der Waals surface area (Å²) in [6.45, 7) is 8.13. The molecule has 0 radical (unpaired) electrons. The Morgan fingerprint density at radius 3 is 2.53 bits per heavy atom. The molecule has 1 fully saturated rings. The highest BCUT2D eigenvalue weighted by Crippen LogP contribution is 2.24. The number of rotatable bonds is 3. The molecule has 106 valence electrons. The van der Waals surface area contributed by atoms with Crippen LogP contribution in [0, 0.1) is 5.92 Å². The number of benzene rings is 1. The Labute approximate surface area is 125 Å². The standard InChI is InChI=1S/C16H25BrN2/c1-11-10-19(4)12(2)9-16(11)18-13(3)14-5-7-15(17)8-6-14/h5-8,11-13,16,18H,9-10H2,1-4H3/t11?,12?,13-,16?/m1/s1. The Bertz CT molecular complexity index is 404. The smallest absolute Gasteiger partial charge is 0.0294 e. The number of hydrogen-bond donors (Lipinski definition) is 1. The lowest BCUT2D eigenvalue weighted by Gasteiger charge is -2.41. The van der Waals surface area contributed by atoms with Gasteiger partial charge in [0.05, 0.1) is 0 Å². The summed E-state index contributed by atoms with van der Waals surface area (Å²) < 4.78 is 1.14. The summed E-state index contributed by atoms with van der Waals surface area (Å²) in [4.78, 5) is 2.47. The maximum atomic E-state index is 3.81. The first-order chi connectivity index (χ1) is 8.97. The van der Waals surface area contributed by atoms with Crippen molar-refractivity contribution in [2.75, 3.05) is 13.6 Å². The molecule has 2 rings (SSSR count). The second-order valence-corrected chi connectivity index (χ2v) is 6.96. The minimum Gasteiger partial charge on any atom is -0.307 e. The Hall–Kier alpha value is -0.380. The van der Waals surface area contributed by atoms with E-state index < -0.39 is 0 Å². The lowest BCUT2D eigenvalue weighted by molar-refractivity contribution is 0.116. The fourth-order valence-corrected chi connectivity index (χ4v) is 3.21. The van der Waals surface area contributed by atoms with E-state index in [4.69, 9.17) is 0 Å². The van der Waals surface area contributed by atoms with Crippen molar-refractivity contribution < 1.29 is 0 Å². The Balaban J connectivity index is 1.98. The van der Waals surface area contributed by atoms with Crippen LogP contribution < -0.4 is 5.32 Å². The van der Waals surface area contributed by atoms with Crippen LogP contribution in [0.1, 0.15) is 38.8 Å². The first kappa shape index (κ1) is 15.0. The molecule has 2 nitrogen and oxygen atoms in total. The average Bonchev–Trinajstić information content (AvgIpc) is 2.36. The van der Waals surface area contributed by atoms with Gasteiger partial charge < -0.3 is 10.2 Å². The van der Waals surface area contributed by atoms with E-state index in [0.29, 0.717) is 24.0 Å². The normalized spacial score (nSPS) is 30.3. The molecule has 4 atom stereocenters. The second kappa shape index (κ2) is 6.38. The van der Waals surface area contributed by atoms with Gasteiger partial charge in [-0.15, -0.1) is 0 Å². The van der Waals surface area contributed by atoms with Crippen molar-refractivity contribution in [2.45, 2.75) is 45.3 Å². The maximum Gasteiger partial charge on any atom is 0.0294 e. The third-order valence-electron chi connectivity index (χ3n) is 4.44. The fourth-order valence-electron chi connectivity index (χ4n) is 2.94. The lowest BCUT2D eigenvalue weighted by Crippen LogP contribution is -2.51. The quantitative estimate of drug-likeness (QED) is 0.909. The Kier molecular flexibility index (Phi) is 5.04. The molecule has 3 heteroatoms. The number of nitrogens with zero attached hydrogens (tertiary/aromatic N) is 1. The van der Waals surface area contributed by atoms with Crippen molar-refractivity contribution in [3.05, 3.63) is 34.3 Å². The van der Waals surface area contributed by atoms with Gasteiger partial charge >= 0.3 is 0 Å². The summed E-state index contributed by atoms with van der Waals surface area (Å²) >= 11 is 3.49. The van der Waals surface area contributed by atoms with E-state index >= 15 is 0 Å². The molecule has 0 aliphatic carbocycles. The van der Waals surface area contributed by atoms with E-state index in [1.54, 1.807) is 0 Å². The molecule has 1 aliphatic rings. The number of nitrogens with one attached hydrogen (secondary N) is 1. The lowest BCUT2D eigenvalue weighted by atomic mass is 9.89. The Morgan fingerprint density at radius 2 is 1.89 bits per heavy atom. The molecule has 1 aromatic carbocycles. The van der Waals surface area contributed by atoms with Gasteiger partial charge in [-0.25, -0.2) is 0 Å². The van der Waals surface area contributed by atoms with Crippen LogP contribution in [0.2, 0.25) is 0 Å². The molecular formula is C16H25BrN2. The summed E-state index contributed by atoms with van der Waals surface area (Å²) in [5.41, 5.74) is 1.36. The molecule has 0 bridgehead atoms. The van der Waals surface area contributed by atoms with Crippen molar-refractivity contribution in [3.63, 3.8) is 0 Å². The third kappa shape index (κ3) is 3.80. The zero-order valence-corrected chi connectivity index (χ0v) is 13.9. The van der Waals surface area contributed by atoms with Gasteiger partial charge in [0.1, 0.15) is 0 Å². The van der Waals surface area contributed by atoms with E-state index in [1.807, 2.05) is 0 Å². The van der Waals surface area contributed by atoms with Gasteiger partial charge in [-0.3, -0.25) is 0 Å². The molecule has 19 heavy (non-hydrogen) atoms. The van der Waals surface area contributed by atoms with Gasteiger partial charge in [-0.1, -0.05) is 35.0 Å². The molecule has 3 unspecified atom stereocenters. The monoisotopic (exact) mass is 324 g/mol. The zero-order valence-electron chi connectivity index (χ0n) is 12.4. The van der Waals surface area contributed by atoms with Gasteiger partial charge in [0, 0.05) is 29.1 Å². The molecule has 1 N–H and O–H groups in total. The van der Waals surface area contributed by atoms with E-state index in [0.717, 1.165) is 4.47 Å². The molecule has 1 heterocycles. The summed E-state index contributed by atoms with van der Waals surface area (Å²) in [6, 6.07) is 10.3. The van der Waals surface area contributed by atoms with Crippen LogP contribution in [0.4, 0.5) is 0 Å². The first-order valence-corrected chi connectivity index (χ1v) is 7.98. The molecule has 0 aromatic heterocycles. The molecule has 1 aromatic rings. The SMILES string of the molecule is CC1CN(C)C(C)CC1N[C@H](C)c1ccc(Br)cc1. The van der Waals surface area contributed by atoms with Crippen molar-refractivity contribution in [3.8, 4) is 0 Å². The minimum atomic E-state index is 0.413. The summed E-state index contributed by atoms with van der Waals surface area (Å²) in [5, 5.41) is 3.81. The van der Waals surface area contributed by atoms with Gasteiger partial charge in [0.25, 0.3) is 0 Å². The van der Waals surface area contributed by atoms with Crippen LogP contribution in [-0.2, 0) is 0 Å². The Morgan fingerprint density at radius 1 is 1.26 bits per heavy atom. The summed E-state index contributed by atoms with van der Waals surface area (Å²) in [5.74, 6) is 0.707. The molecule has 0 saturated carbocycles. The number of halogens is 1. The predicted molar refractivity (Wildman–Crippen MR) is 85.4 cm³/mol. The van der Waals surface area contributed by atoms with Gasteiger partial charge in [-0.05, 0) is 50.9 Å². The average molecular weight is 325 g/mol. The maximum absolute atomic E-state index is 3.81. The van der Waals surface area contributed by atoms with Crippen molar-refractivity contribution in [2.24, 2.45) is 5.92 Å². The molecule has 1 saturated heterocycles. The van der Waals surface area contributed by atoms with Crippen molar-refractivity contribution in [1.82, 2.24) is 10.2 Å². The van der Waals surface area contributed by atoms with Crippen LogP contribution in [-0.4, -0.2) is 30.6 Å². The molecule has 1 aliphatic heterocycles. The topological polar surface area (TPSA) is 15.3 Å². The fraction of sp³-hybridized carbons (Fsp3) is 0.625. The van der Waals surface area contributed by atoms with Crippen LogP contribution in [0.15, 0.2) is 28.7 Å². The minimum absolute atomic E-state index is 0.413.